The van der Waals surface area contributed by atoms with Crippen LogP contribution in [0.1, 0.15) is 47.5 Å². The average Bonchev–Trinajstić information content (AvgIpc) is 3.22. The molecule has 3 aliphatic rings. The summed E-state index contributed by atoms with van der Waals surface area (Å²) < 4.78 is 6.03. The van der Waals surface area contributed by atoms with Gasteiger partial charge in [0.2, 0.25) is 11.8 Å². The second-order valence-electron chi connectivity index (χ2n) is 7.85. The summed E-state index contributed by atoms with van der Waals surface area (Å²) in [5.74, 6) is 2.60. The Morgan fingerprint density at radius 2 is 2.13 bits per heavy atom. The molecule has 4 heterocycles. The van der Waals surface area contributed by atoms with Crippen molar-refractivity contribution in [3.8, 4) is 0 Å². The van der Waals surface area contributed by atoms with Crippen molar-refractivity contribution < 1.29 is 14.0 Å². The molecule has 0 bridgehead atoms. The summed E-state index contributed by atoms with van der Waals surface area (Å²) in [5.41, 5.74) is 4.22. The normalized spacial score (nSPS) is 18.1. The van der Waals surface area contributed by atoms with Crippen LogP contribution in [0.2, 0.25) is 0 Å². The number of furan rings is 1. The Morgan fingerprint density at radius 3 is 2.97 bits per heavy atom. The van der Waals surface area contributed by atoms with Crippen LogP contribution in [-0.4, -0.2) is 34.8 Å². The van der Waals surface area contributed by atoms with Gasteiger partial charge in [-0.05, 0) is 54.2 Å². The largest absolute Gasteiger partial charge is 0.461 e. The Morgan fingerprint density at radius 1 is 1.20 bits per heavy atom. The maximum atomic E-state index is 12.6. The molecule has 2 aliphatic heterocycles. The van der Waals surface area contributed by atoms with Crippen molar-refractivity contribution >= 4 is 35.4 Å². The number of aryl methyl sites for hydroxylation is 2. The molecule has 0 radical (unpaired) electrons. The first kappa shape index (κ1) is 18.6. The minimum absolute atomic E-state index is 0.00262. The molecule has 6 heteroatoms. The van der Waals surface area contributed by atoms with Crippen LogP contribution in [-0.2, 0) is 22.4 Å². The quantitative estimate of drug-likeness (QED) is 0.793. The maximum absolute atomic E-state index is 12.6. The highest BCUT2D eigenvalue weighted by Gasteiger charge is 2.20. The van der Waals surface area contributed by atoms with E-state index < -0.39 is 0 Å². The molecule has 152 valence electrons. The van der Waals surface area contributed by atoms with Crippen LogP contribution in [0.5, 0.6) is 0 Å². The average molecular weight is 401 g/mol. The van der Waals surface area contributed by atoms with Gasteiger partial charge in [-0.1, -0.05) is 18.2 Å². The molecular formula is C24H23N3O3. The number of nitrogens with one attached hydrogen (secondary N) is 1. The summed E-state index contributed by atoms with van der Waals surface area (Å²) in [5, 5.41) is 2.77. The molecule has 5 rings (SSSR count). The first-order chi connectivity index (χ1) is 14.7. The van der Waals surface area contributed by atoms with E-state index in [-0.39, 0.29) is 11.8 Å². The lowest BCUT2D eigenvalue weighted by Gasteiger charge is -2.24. The van der Waals surface area contributed by atoms with Gasteiger partial charge >= 0.3 is 0 Å². The van der Waals surface area contributed by atoms with Crippen LogP contribution in [0.4, 0.5) is 5.82 Å². The number of nitrogens with zero attached hydrogens (tertiary/aromatic N) is 2. The number of hydrogen-bond donors (Lipinski definition) is 1. The summed E-state index contributed by atoms with van der Waals surface area (Å²) in [6, 6.07) is 4.09. The van der Waals surface area contributed by atoms with Gasteiger partial charge in [-0.15, -0.1) is 0 Å². The van der Waals surface area contributed by atoms with E-state index in [9.17, 15) is 9.59 Å². The zero-order valence-corrected chi connectivity index (χ0v) is 16.7. The lowest BCUT2D eigenvalue weighted by Crippen LogP contribution is -2.33. The topological polar surface area (TPSA) is 75.4 Å². The van der Waals surface area contributed by atoms with Gasteiger partial charge < -0.3 is 14.6 Å². The minimum Gasteiger partial charge on any atom is -0.461 e. The van der Waals surface area contributed by atoms with Crippen LogP contribution in [0.15, 0.2) is 41.0 Å². The summed E-state index contributed by atoms with van der Waals surface area (Å²) in [6.45, 7) is 1.25. The zero-order valence-electron chi connectivity index (χ0n) is 16.7. The van der Waals surface area contributed by atoms with Crippen LogP contribution in [0.25, 0.3) is 17.7 Å². The predicted octanol–water partition coefficient (Wildman–Crippen LogP) is 3.85. The van der Waals surface area contributed by atoms with Crippen molar-refractivity contribution in [2.45, 2.75) is 32.1 Å². The number of carbonyl (C=O) groups is 2. The van der Waals surface area contributed by atoms with Gasteiger partial charge in [-0.3, -0.25) is 9.59 Å². The van der Waals surface area contributed by atoms with Gasteiger partial charge in [0.1, 0.15) is 17.3 Å². The lowest BCUT2D eigenvalue weighted by atomic mass is 10.0. The van der Waals surface area contributed by atoms with Gasteiger partial charge in [0.25, 0.3) is 0 Å². The van der Waals surface area contributed by atoms with E-state index in [2.05, 4.69) is 34.6 Å². The molecule has 0 unspecified atom stereocenters. The molecule has 2 amide bonds. The van der Waals surface area contributed by atoms with Crippen molar-refractivity contribution in [1.29, 1.82) is 0 Å². The highest BCUT2D eigenvalue weighted by Crippen LogP contribution is 2.30. The van der Waals surface area contributed by atoms with Crippen LogP contribution >= 0.6 is 0 Å². The number of allylic oxidation sites excluding steroid dienone is 1. The van der Waals surface area contributed by atoms with Crippen molar-refractivity contribution in [3.05, 3.63) is 64.8 Å². The summed E-state index contributed by atoms with van der Waals surface area (Å²) in [7, 11) is 0. The number of fused-ring (bicyclic) bond motifs is 2. The van der Waals surface area contributed by atoms with E-state index in [1.807, 2.05) is 11.0 Å². The summed E-state index contributed by atoms with van der Waals surface area (Å²) in [4.78, 5) is 30.2. The summed E-state index contributed by atoms with van der Waals surface area (Å²) in [6.07, 6.45) is 15.4. The smallest absolute Gasteiger partial charge is 0.246 e. The molecule has 1 N–H and O–H groups in total. The lowest BCUT2D eigenvalue weighted by molar-refractivity contribution is -0.125. The van der Waals surface area contributed by atoms with E-state index >= 15 is 0 Å². The molecule has 0 spiro atoms. The van der Waals surface area contributed by atoms with Crippen LogP contribution in [0.3, 0.4) is 0 Å². The highest BCUT2D eigenvalue weighted by atomic mass is 16.3. The first-order valence-electron chi connectivity index (χ1n) is 10.4. The van der Waals surface area contributed by atoms with Gasteiger partial charge in [0.15, 0.2) is 0 Å². The van der Waals surface area contributed by atoms with Gasteiger partial charge in [-0.2, -0.15) is 0 Å². The third kappa shape index (κ3) is 3.73. The molecule has 0 saturated carbocycles. The van der Waals surface area contributed by atoms with Gasteiger partial charge in [0, 0.05) is 43.8 Å². The molecule has 0 saturated heterocycles. The van der Waals surface area contributed by atoms with Crippen LogP contribution < -0.4 is 5.32 Å². The SMILES string of the molecule is O=C1CCc2cc(/C=C/C(=O)N3CC=C(c4cc5c(o4)CCC=C5)CC3)cnc2N1. The number of rotatable bonds is 3. The van der Waals surface area contributed by atoms with E-state index in [0.717, 1.165) is 41.9 Å². The van der Waals surface area contributed by atoms with Crippen molar-refractivity contribution in [1.82, 2.24) is 9.88 Å². The fourth-order valence-corrected chi connectivity index (χ4v) is 4.09. The van der Waals surface area contributed by atoms with E-state index in [4.69, 9.17) is 4.42 Å². The number of pyridine rings is 1. The molecule has 2 aromatic heterocycles. The first-order valence-corrected chi connectivity index (χ1v) is 10.4. The fourth-order valence-electron chi connectivity index (χ4n) is 4.09. The second-order valence-corrected chi connectivity index (χ2v) is 7.85. The number of hydrogen-bond acceptors (Lipinski definition) is 4. The Balaban J connectivity index is 1.23. The third-order valence-corrected chi connectivity index (χ3v) is 5.80. The van der Waals surface area contributed by atoms with E-state index in [1.165, 1.54) is 11.1 Å². The number of anilines is 1. The fraction of sp³-hybridized carbons (Fsp3) is 0.292. The Kier molecular flexibility index (Phi) is 4.83. The van der Waals surface area contributed by atoms with Crippen LogP contribution in [0, 0.1) is 0 Å². The highest BCUT2D eigenvalue weighted by molar-refractivity contribution is 5.94. The molecule has 2 aromatic rings. The molecule has 0 atom stereocenters. The Bertz CT molecular complexity index is 1110. The number of aromatic nitrogens is 1. The maximum Gasteiger partial charge on any atom is 0.246 e. The van der Waals surface area contributed by atoms with Gasteiger partial charge in [-0.25, -0.2) is 4.98 Å². The van der Waals surface area contributed by atoms with Crippen molar-refractivity contribution in [3.63, 3.8) is 0 Å². The second kappa shape index (κ2) is 7.78. The van der Waals surface area contributed by atoms with E-state index in [1.54, 1.807) is 18.3 Å². The van der Waals surface area contributed by atoms with Crippen molar-refractivity contribution in [2.24, 2.45) is 0 Å². The standard InChI is InChI=1S/C24H23N3O3/c28-22-7-6-19-13-16(15-25-24(19)26-22)5-8-23(29)27-11-9-17(10-12-27)21-14-18-3-1-2-4-20(18)30-21/h1,3,5,8-9,13-15H,2,4,6-7,10-12H2,(H,25,26,28)/b8-5+. The number of amides is 2. The Labute approximate surface area is 175 Å². The van der Waals surface area contributed by atoms with Crippen molar-refractivity contribution in [2.75, 3.05) is 18.4 Å². The Hall–Kier alpha value is -3.41. The van der Waals surface area contributed by atoms with Gasteiger partial charge in [0.05, 0.1) is 0 Å². The minimum atomic E-state index is -0.0157. The third-order valence-electron chi connectivity index (χ3n) is 5.80. The molecule has 0 aromatic carbocycles. The summed E-state index contributed by atoms with van der Waals surface area (Å²) >= 11 is 0. The molecular weight excluding hydrogens is 378 g/mol. The monoisotopic (exact) mass is 401 g/mol. The molecule has 0 fully saturated rings. The molecule has 30 heavy (non-hydrogen) atoms. The predicted molar refractivity (Wildman–Crippen MR) is 115 cm³/mol. The molecule has 1 aliphatic carbocycles. The van der Waals surface area contributed by atoms with E-state index in [0.29, 0.717) is 31.7 Å². The molecule has 6 nitrogen and oxygen atoms in total. The zero-order chi connectivity index (χ0) is 20.5. The number of carbonyl (C=O) groups excluding carboxylic acids is 2.